The number of fused-ring (bicyclic) bond motifs is 1. The predicted octanol–water partition coefficient (Wildman–Crippen LogP) is 1.53. The molecule has 4 nitrogen and oxygen atoms in total. The molecule has 1 aliphatic heterocycles. The number of methoxy groups -OCH3 is 1. The summed E-state index contributed by atoms with van der Waals surface area (Å²) in [5.41, 5.74) is 0. The Hall–Kier alpha value is -1.06. The van der Waals surface area contributed by atoms with Gasteiger partial charge in [0.25, 0.3) is 0 Å². The smallest absolute Gasteiger partial charge is 0.310 e. The average molecular weight is 226 g/mol. The van der Waals surface area contributed by atoms with Gasteiger partial charge < -0.3 is 9.47 Å². The van der Waals surface area contributed by atoms with E-state index in [1.165, 1.54) is 7.11 Å². The van der Waals surface area contributed by atoms with Gasteiger partial charge in [-0.3, -0.25) is 9.59 Å². The van der Waals surface area contributed by atoms with E-state index in [0.717, 1.165) is 19.3 Å². The molecule has 0 radical (unpaired) electrons. The Bertz CT molecular complexity index is 299. The van der Waals surface area contributed by atoms with Gasteiger partial charge in [0.05, 0.1) is 19.4 Å². The summed E-state index contributed by atoms with van der Waals surface area (Å²) in [6, 6.07) is 0. The molecular weight excluding hydrogens is 208 g/mol. The second-order valence-electron chi connectivity index (χ2n) is 4.94. The van der Waals surface area contributed by atoms with Gasteiger partial charge in [0.2, 0.25) is 0 Å². The number of carbonyl (C=O) groups is 2. The summed E-state index contributed by atoms with van der Waals surface area (Å²) in [6.07, 6.45) is 3.25. The summed E-state index contributed by atoms with van der Waals surface area (Å²) in [6.45, 7) is 2.18. The molecule has 2 fully saturated rings. The minimum absolute atomic E-state index is 0.0332. The van der Waals surface area contributed by atoms with Crippen LogP contribution in [0.15, 0.2) is 0 Å². The first-order valence-corrected chi connectivity index (χ1v) is 5.89. The average Bonchev–Trinajstić information content (AvgIpc) is 2.54. The topological polar surface area (TPSA) is 52.6 Å². The molecule has 1 saturated heterocycles. The largest absolute Gasteiger partial charge is 0.469 e. The van der Waals surface area contributed by atoms with Crippen LogP contribution in [0.4, 0.5) is 0 Å². The first-order chi connectivity index (χ1) is 7.61. The molecule has 0 aromatic carbocycles. The Balaban J connectivity index is 2.03. The molecule has 16 heavy (non-hydrogen) atoms. The SMILES string of the molecule is COC(=O)C[C@@H]1C(=O)O[C@@H]2C[C@@H](C)CC[C@H]12. The van der Waals surface area contributed by atoms with E-state index >= 15 is 0 Å². The van der Waals surface area contributed by atoms with Crippen LogP contribution >= 0.6 is 0 Å². The van der Waals surface area contributed by atoms with Gasteiger partial charge in [0.1, 0.15) is 6.10 Å². The molecule has 0 unspecified atom stereocenters. The van der Waals surface area contributed by atoms with Crippen LogP contribution < -0.4 is 0 Å². The van der Waals surface area contributed by atoms with Crippen LogP contribution in [0, 0.1) is 17.8 Å². The maximum Gasteiger partial charge on any atom is 0.310 e. The number of ether oxygens (including phenoxy) is 2. The highest BCUT2D eigenvalue weighted by Gasteiger charge is 2.47. The highest BCUT2D eigenvalue weighted by molar-refractivity contribution is 5.81. The lowest BCUT2D eigenvalue weighted by Crippen LogP contribution is -2.29. The van der Waals surface area contributed by atoms with Crippen LogP contribution in [0.3, 0.4) is 0 Å². The molecule has 4 heteroatoms. The van der Waals surface area contributed by atoms with E-state index in [4.69, 9.17) is 4.74 Å². The van der Waals surface area contributed by atoms with Crippen LogP contribution in [0.25, 0.3) is 0 Å². The molecule has 1 aliphatic carbocycles. The summed E-state index contributed by atoms with van der Waals surface area (Å²) in [5.74, 6) is 0.0365. The number of hydrogen-bond acceptors (Lipinski definition) is 4. The summed E-state index contributed by atoms with van der Waals surface area (Å²) >= 11 is 0. The van der Waals surface area contributed by atoms with Crippen LogP contribution in [0.5, 0.6) is 0 Å². The lowest BCUT2D eigenvalue weighted by atomic mass is 9.75. The fourth-order valence-corrected chi connectivity index (χ4v) is 2.86. The second kappa shape index (κ2) is 4.44. The van der Waals surface area contributed by atoms with Gasteiger partial charge in [-0.05, 0) is 18.8 Å². The van der Waals surface area contributed by atoms with Gasteiger partial charge in [0.15, 0.2) is 0 Å². The maximum absolute atomic E-state index is 11.7. The van der Waals surface area contributed by atoms with Crippen LogP contribution in [-0.4, -0.2) is 25.2 Å². The van der Waals surface area contributed by atoms with Crippen molar-refractivity contribution in [1.82, 2.24) is 0 Å². The maximum atomic E-state index is 11.7. The molecule has 0 amide bonds. The van der Waals surface area contributed by atoms with Gasteiger partial charge >= 0.3 is 11.9 Å². The van der Waals surface area contributed by atoms with Crippen LogP contribution in [0.2, 0.25) is 0 Å². The molecule has 1 heterocycles. The lowest BCUT2D eigenvalue weighted by Gasteiger charge is -2.29. The molecule has 2 aliphatic rings. The first-order valence-electron chi connectivity index (χ1n) is 5.89. The van der Waals surface area contributed by atoms with Crippen molar-refractivity contribution in [3.8, 4) is 0 Å². The fourth-order valence-electron chi connectivity index (χ4n) is 2.86. The van der Waals surface area contributed by atoms with Crippen molar-refractivity contribution in [1.29, 1.82) is 0 Å². The fraction of sp³-hybridized carbons (Fsp3) is 0.833. The Kier molecular flexibility index (Phi) is 3.17. The molecule has 1 saturated carbocycles. The molecular formula is C12H18O4. The van der Waals surface area contributed by atoms with Crippen molar-refractivity contribution in [3.05, 3.63) is 0 Å². The van der Waals surface area contributed by atoms with E-state index in [2.05, 4.69) is 11.7 Å². The molecule has 0 aromatic rings. The second-order valence-corrected chi connectivity index (χ2v) is 4.94. The molecule has 0 N–H and O–H groups in total. The van der Waals surface area contributed by atoms with Crippen molar-refractivity contribution < 1.29 is 19.1 Å². The Morgan fingerprint density at radius 2 is 2.25 bits per heavy atom. The molecule has 4 atom stereocenters. The van der Waals surface area contributed by atoms with Crippen molar-refractivity contribution in [2.75, 3.05) is 7.11 Å². The van der Waals surface area contributed by atoms with Crippen molar-refractivity contribution in [2.24, 2.45) is 17.8 Å². The third-order valence-electron chi connectivity index (χ3n) is 3.81. The number of carbonyl (C=O) groups excluding carboxylic acids is 2. The molecule has 0 spiro atoms. The molecule has 0 bridgehead atoms. The van der Waals surface area contributed by atoms with E-state index in [9.17, 15) is 9.59 Å². The molecule has 2 rings (SSSR count). The quantitative estimate of drug-likeness (QED) is 0.670. The summed E-state index contributed by atoms with van der Waals surface area (Å²) < 4.78 is 9.96. The van der Waals surface area contributed by atoms with E-state index in [-0.39, 0.29) is 36.3 Å². The van der Waals surface area contributed by atoms with Crippen molar-refractivity contribution in [3.63, 3.8) is 0 Å². The van der Waals surface area contributed by atoms with Gasteiger partial charge in [-0.1, -0.05) is 13.3 Å². The highest BCUT2D eigenvalue weighted by Crippen LogP contribution is 2.42. The Morgan fingerprint density at radius 3 is 2.94 bits per heavy atom. The van der Waals surface area contributed by atoms with Gasteiger partial charge in [-0.2, -0.15) is 0 Å². The number of esters is 2. The van der Waals surface area contributed by atoms with Crippen molar-refractivity contribution >= 4 is 11.9 Å². The van der Waals surface area contributed by atoms with E-state index in [0.29, 0.717) is 5.92 Å². The van der Waals surface area contributed by atoms with E-state index in [1.807, 2.05) is 0 Å². The monoisotopic (exact) mass is 226 g/mol. The first kappa shape index (κ1) is 11.4. The third kappa shape index (κ3) is 2.06. The van der Waals surface area contributed by atoms with E-state index in [1.54, 1.807) is 0 Å². The number of hydrogen-bond donors (Lipinski definition) is 0. The van der Waals surface area contributed by atoms with E-state index < -0.39 is 0 Å². The van der Waals surface area contributed by atoms with Gasteiger partial charge in [-0.25, -0.2) is 0 Å². The minimum atomic E-state index is -0.318. The molecule has 90 valence electrons. The normalized spacial score (nSPS) is 37.8. The zero-order valence-electron chi connectivity index (χ0n) is 9.77. The molecule has 0 aromatic heterocycles. The van der Waals surface area contributed by atoms with Crippen molar-refractivity contribution in [2.45, 2.75) is 38.7 Å². The Labute approximate surface area is 95.3 Å². The zero-order chi connectivity index (χ0) is 11.7. The zero-order valence-corrected chi connectivity index (χ0v) is 9.77. The highest BCUT2D eigenvalue weighted by atomic mass is 16.6. The Morgan fingerprint density at radius 1 is 1.50 bits per heavy atom. The summed E-state index contributed by atoms with van der Waals surface area (Å²) in [5, 5.41) is 0. The third-order valence-corrected chi connectivity index (χ3v) is 3.81. The lowest BCUT2D eigenvalue weighted by molar-refractivity contribution is -0.149. The van der Waals surface area contributed by atoms with Gasteiger partial charge in [-0.15, -0.1) is 0 Å². The van der Waals surface area contributed by atoms with Crippen LogP contribution in [0.1, 0.15) is 32.6 Å². The minimum Gasteiger partial charge on any atom is -0.469 e. The standard InChI is InChI=1S/C12H18O4/c1-7-3-4-8-9(6-11(13)15-2)12(14)16-10(8)5-7/h7-10H,3-6H2,1-2H3/t7-,8+,9-,10+/m0/s1. The summed E-state index contributed by atoms with van der Waals surface area (Å²) in [7, 11) is 1.35. The van der Waals surface area contributed by atoms with Crippen LogP contribution in [-0.2, 0) is 19.1 Å². The van der Waals surface area contributed by atoms with Gasteiger partial charge in [0, 0.05) is 5.92 Å². The predicted molar refractivity (Wildman–Crippen MR) is 56.5 cm³/mol. The summed E-state index contributed by atoms with van der Waals surface area (Å²) in [4.78, 5) is 22.9. The number of rotatable bonds is 2.